The van der Waals surface area contributed by atoms with Crippen LogP contribution in [0.15, 0.2) is 48.5 Å². The van der Waals surface area contributed by atoms with Crippen LogP contribution in [-0.2, 0) is 25.0 Å². The van der Waals surface area contributed by atoms with E-state index in [1.54, 1.807) is 42.5 Å². The molecule has 0 radical (unpaired) electrons. The molecule has 0 amide bonds. The third kappa shape index (κ3) is 7.03. The zero-order valence-corrected chi connectivity index (χ0v) is 20.0. The molecule has 0 aliphatic carbocycles. The van der Waals surface area contributed by atoms with E-state index < -0.39 is 43.6 Å². The summed E-state index contributed by atoms with van der Waals surface area (Å²) in [4.78, 5) is 1.23. The molecule has 2 aromatic carbocycles. The van der Waals surface area contributed by atoms with Crippen molar-refractivity contribution in [2.45, 2.75) is 17.6 Å². The highest BCUT2D eigenvalue weighted by Gasteiger charge is 2.40. The lowest BCUT2D eigenvalue weighted by atomic mass is 10.0. The van der Waals surface area contributed by atoms with Crippen LogP contribution in [0.1, 0.15) is 11.7 Å². The first kappa shape index (κ1) is 25.7. The SMILES string of the molecule is COc1cc(Cl)ccc1O[C@@H](c1ccccc1)[C@@H]1CN(C(CS(=O)(=O)O)S(=O)(=O)O)CCO1. The van der Waals surface area contributed by atoms with Gasteiger partial charge in [0, 0.05) is 24.2 Å². The molecule has 0 aromatic heterocycles. The zero-order valence-electron chi connectivity index (χ0n) is 17.6. The van der Waals surface area contributed by atoms with Crippen molar-refractivity contribution in [1.29, 1.82) is 0 Å². The Hall–Kier alpha value is -1.93. The van der Waals surface area contributed by atoms with Gasteiger partial charge in [-0.25, -0.2) is 0 Å². The van der Waals surface area contributed by atoms with Crippen molar-refractivity contribution in [1.82, 2.24) is 4.90 Å². The Bertz CT molecular complexity index is 1160. The van der Waals surface area contributed by atoms with Crippen molar-refractivity contribution in [3.63, 3.8) is 0 Å². The lowest BCUT2D eigenvalue weighted by Gasteiger charge is -2.39. The fourth-order valence-corrected chi connectivity index (χ4v) is 6.08. The second kappa shape index (κ2) is 10.6. The number of rotatable bonds is 9. The maximum atomic E-state index is 11.9. The third-order valence-electron chi connectivity index (χ3n) is 5.07. The fraction of sp³-hybridized carbons (Fsp3) is 0.400. The van der Waals surface area contributed by atoms with Gasteiger partial charge >= 0.3 is 0 Å². The van der Waals surface area contributed by atoms with Crippen LogP contribution < -0.4 is 9.47 Å². The van der Waals surface area contributed by atoms with Crippen molar-refractivity contribution >= 4 is 31.8 Å². The summed E-state index contributed by atoms with van der Waals surface area (Å²) in [6.45, 7) is -0.0513. The van der Waals surface area contributed by atoms with E-state index in [2.05, 4.69) is 0 Å². The molecule has 0 saturated carbocycles. The summed E-state index contributed by atoms with van der Waals surface area (Å²) >= 11 is 6.03. The largest absolute Gasteiger partial charge is 0.493 e. The molecule has 182 valence electrons. The second-order valence-electron chi connectivity index (χ2n) is 7.37. The van der Waals surface area contributed by atoms with Gasteiger partial charge in [0.2, 0.25) is 0 Å². The van der Waals surface area contributed by atoms with Crippen LogP contribution in [0.5, 0.6) is 11.5 Å². The number of halogens is 1. The van der Waals surface area contributed by atoms with E-state index in [9.17, 15) is 25.9 Å². The number of ether oxygens (including phenoxy) is 3. The Morgan fingerprint density at radius 3 is 2.42 bits per heavy atom. The average Bonchev–Trinajstić information content (AvgIpc) is 2.76. The summed E-state index contributed by atoms with van der Waals surface area (Å²) in [6.07, 6.45) is -1.51. The summed E-state index contributed by atoms with van der Waals surface area (Å²) in [5.74, 6) is -0.445. The lowest BCUT2D eigenvalue weighted by Crippen LogP contribution is -2.54. The maximum absolute atomic E-state index is 11.9. The minimum Gasteiger partial charge on any atom is -0.493 e. The molecule has 1 saturated heterocycles. The summed E-state index contributed by atoms with van der Waals surface area (Å²) in [6, 6.07) is 13.8. The summed E-state index contributed by atoms with van der Waals surface area (Å²) in [7, 11) is -8.06. The van der Waals surface area contributed by atoms with Crippen LogP contribution >= 0.6 is 11.6 Å². The summed E-state index contributed by atoms with van der Waals surface area (Å²) < 4.78 is 82.8. The number of hydrogen-bond acceptors (Lipinski definition) is 8. The van der Waals surface area contributed by atoms with Crippen molar-refractivity contribution in [2.24, 2.45) is 0 Å². The van der Waals surface area contributed by atoms with Crippen molar-refractivity contribution in [2.75, 3.05) is 32.6 Å². The van der Waals surface area contributed by atoms with Gasteiger partial charge in [-0.1, -0.05) is 41.9 Å². The second-order valence-corrected chi connectivity index (χ2v) is 10.9. The summed E-state index contributed by atoms with van der Waals surface area (Å²) in [5, 5.41) is -1.42. The first-order valence-corrected chi connectivity index (χ1v) is 13.3. The minimum atomic E-state index is -4.83. The predicted octanol–water partition coefficient (Wildman–Crippen LogP) is 2.27. The van der Waals surface area contributed by atoms with E-state index in [0.717, 1.165) is 0 Å². The first-order valence-electron chi connectivity index (χ1n) is 9.80. The average molecular weight is 522 g/mol. The lowest BCUT2D eigenvalue weighted by molar-refractivity contribution is -0.0845. The van der Waals surface area contributed by atoms with Gasteiger partial charge in [0.25, 0.3) is 20.2 Å². The Kier molecular flexibility index (Phi) is 8.22. The van der Waals surface area contributed by atoms with E-state index in [0.29, 0.717) is 22.1 Å². The molecule has 1 unspecified atom stereocenters. The van der Waals surface area contributed by atoms with E-state index in [-0.39, 0.29) is 19.7 Å². The molecule has 1 fully saturated rings. The number of morpholine rings is 1. The highest BCUT2D eigenvalue weighted by molar-refractivity contribution is 7.90. The van der Waals surface area contributed by atoms with Crippen molar-refractivity contribution in [3.8, 4) is 11.5 Å². The molecule has 1 aliphatic heterocycles. The van der Waals surface area contributed by atoms with Crippen LogP contribution in [0.2, 0.25) is 5.02 Å². The molecule has 3 rings (SSSR count). The van der Waals surface area contributed by atoms with Gasteiger partial charge in [0.05, 0.1) is 13.7 Å². The Morgan fingerprint density at radius 2 is 1.82 bits per heavy atom. The van der Waals surface area contributed by atoms with Gasteiger partial charge < -0.3 is 14.2 Å². The Labute approximate surface area is 197 Å². The van der Waals surface area contributed by atoms with Gasteiger partial charge in [0.1, 0.15) is 11.9 Å². The van der Waals surface area contributed by atoms with Crippen LogP contribution in [0.3, 0.4) is 0 Å². The van der Waals surface area contributed by atoms with Gasteiger partial charge in [0.15, 0.2) is 23.0 Å². The fourth-order valence-electron chi connectivity index (χ4n) is 3.58. The predicted molar refractivity (Wildman–Crippen MR) is 121 cm³/mol. The number of hydrogen-bond donors (Lipinski definition) is 2. The van der Waals surface area contributed by atoms with Gasteiger partial charge in [-0.15, -0.1) is 0 Å². The Morgan fingerprint density at radius 1 is 1.12 bits per heavy atom. The van der Waals surface area contributed by atoms with Crippen molar-refractivity contribution < 1.29 is 40.2 Å². The van der Waals surface area contributed by atoms with Gasteiger partial charge in [-0.3, -0.25) is 14.0 Å². The van der Waals surface area contributed by atoms with E-state index in [1.165, 1.54) is 12.0 Å². The third-order valence-corrected chi connectivity index (χ3v) is 7.41. The van der Waals surface area contributed by atoms with Crippen molar-refractivity contribution in [3.05, 3.63) is 59.1 Å². The normalized spacial score (nSPS) is 19.6. The molecule has 10 nitrogen and oxygen atoms in total. The highest BCUT2D eigenvalue weighted by atomic mass is 35.5. The molecule has 1 heterocycles. The topological polar surface area (TPSA) is 140 Å². The number of nitrogens with zero attached hydrogens (tertiary/aromatic N) is 1. The molecule has 13 heteroatoms. The zero-order chi connectivity index (χ0) is 24.2. The molecule has 1 aliphatic rings. The maximum Gasteiger partial charge on any atom is 0.282 e. The molecule has 2 N–H and O–H groups in total. The summed E-state index contributed by atoms with van der Waals surface area (Å²) in [5.41, 5.74) is 0.708. The van der Waals surface area contributed by atoms with Gasteiger partial charge in [-0.05, 0) is 17.7 Å². The van der Waals surface area contributed by atoms with E-state index in [4.69, 9.17) is 25.8 Å². The molecular formula is C20H24ClNO9S2. The Balaban J connectivity index is 1.94. The van der Waals surface area contributed by atoms with Gasteiger partial charge in [-0.2, -0.15) is 16.8 Å². The van der Waals surface area contributed by atoms with Crippen LogP contribution in [0, 0.1) is 0 Å². The minimum absolute atomic E-state index is 0.0161. The first-order chi connectivity index (χ1) is 15.5. The van der Waals surface area contributed by atoms with E-state index >= 15 is 0 Å². The monoisotopic (exact) mass is 521 g/mol. The molecule has 0 spiro atoms. The molecular weight excluding hydrogens is 498 g/mol. The quantitative estimate of drug-likeness (QED) is 0.472. The molecule has 0 bridgehead atoms. The number of benzene rings is 2. The van der Waals surface area contributed by atoms with Crippen LogP contribution in [0.4, 0.5) is 0 Å². The molecule has 2 aromatic rings. The molecule has 3 atom stereocenters. The molecule has 33 heavy (non-hydrogen) atoms. The van der Waals surface area contributed by atoms with Crippen LogP contribution in [0.25, 0.3) is 0 Å². The van der Waals surface area contributed by atoms with Crippen LogP contribution in [-0.4, -0.2) is 74.9 Å². The highest BCUT2D eigenvalue weighted by Crippen LogP contribution is 2.36. The standard InChI is InChI=1S/C20H24ClNO9S2/c1-29-17-11-15(21)7-8-16(17)31-20(14-5-3-2-4-6-14)18-12-22(9-10-30-18)19(33(26,27)28)13-32(23,24)25/h2-8,11,18-20H,9-10,12-13H2,1H3,(H,23,24,25)(H,26,27,28)/t18-,19?,20-/m0/s1. The number of methoxy groups -OCH3 is 1. The smallest absolute Gasteiger partial charge is 0.282 e. The van der Waals surface area contributed by atoms with E-state index in [1.807, 2.05) is 6.07 Å².